The van der Waals surface area contributed by atoms with Gasteiger partial charge in [-0.2, -0.15) is 0 Å². The number of hydrogen-bond donors (Lipinski definition) is 1. The van der Waals surface area contributed by atoms with Crippen molar-refractivity contribution in [3.63, 3.8) is 0 Å². The zero-order valence-corrected chi connectivity index (χ0v) is 9.58. The standard InChI is InChI=1S/C11H12ClNO3/c1-7-9(12)3-2-4-10(7)15-6-8-5-13-11(14)16-8/h2-4,8H,5-6H2,1H3,(H,13,14). The van der Waals surface area contributed by atoms with Crippen molar-refractivity contribution in [1.82, 2.24) is 5.32 Å². The number of benzene rings is 1. The third-order valence-electron chi connectivity index (χ3n) is 2.39. The molecular weight excluding hydrogens is 230 g/mol. The average Bonchev–Trinajstić information content (AvgIpc) is 2.67. The zero-order valence-electron chi connectivity index (χ0n) is 8.83. The van der Waals surface area contributed by atoms with Crippen LogP contribution >= 0.6 is 11.6 Å². The van der Waals surface area contributed by atoms with Crippen LogP contribution < -0.4 is 10.1 Å². The van der Waals surface area contributed by atoms with Gasteiger partial charge in [-0.3, -0.25) is 0 Å². The number of ether oxygens (including phenoxy) is 2. The molecule has 1 unspecified atom stereocenters. The SMILES string of the molecule is Cc1c(Cl)cccc1OCC1CNC(=O)O1. The van der Waals surface area contributed by atoms with Gasteiger partial charge in [0.25, 0.3) is 0 Å². The van der Waals surface area contributed by atoms with Gasteiger partial charge < -0.3 is 14.8 Å². The molecule has 0 aliphatic carbocycles. The van der Waals surface area contributed by atoms with Gasteiger partial charge in [0, 0.05) is 10.6 Å². The maximum absolute atomic E-state index is 10.8. The zero-order chi connectivity index (χ0) is 11.5. The van der Waals surface area contributed by atoms with E-state index in [4.69, 9.17) is 21.1 Å². The lowest BCUT2D eigenvalue weighted by molar-refractivity contribution is 0.104. The smallest absolute Gasteiger partial charge is 0.407 e. The monoisotopic (exact) mass is 241 g/mol. The van der Waals surface area contributed by atoms with Gasteiger partial charge in [-0.1, -0.05) is 17.7 Å². The van der Waals surface area contributed by atoms with E-state index < -0.39 is 6.09 Å². The molecule has 1 fully saturated rings. The lowest BCUT2D eigenvalue weighted by Gasteiger charge is -2.12. The summed E-state index contributed by atoms with van der Waals surface area (Å²) >= 11 is 5.95. The largest absolute Gasteiger partial charge is 0.489 e. The van der Waals surface area contributed by atoms with E-state index >= 15 is 0 Å². The van der Waals surface area contributed by atoms with Gasteiger partial charge in [0.15, 0.2) is 6.10 Å². The summed E-state index contributed by atoms with van der Waals surface area (Å²) in [5.74, 6) is 0.718. The Balaban J connectivity index is 1.94. The molecule has 1 aliphatic rings. The van der Waals surface area contributed by atoms with Gasteiger partial charge in [-0.25, -0.2) is 4.79 Å². The summed E-state index contributed by atoms with van der Waals surface area (Å²) in [5.41, 5.74) is 0.890. The van der Waals surface area contributed by atoms with Crippen LogP contribution in [0.5, 0.6) is 5.75 Å². The Kier molecular flexibility index (Phi) is 3.19. The van der Waals surface area contributed by atoms with Crippen molar-refractivity contribution in [2.75, 3.05) is 13.2 Å². The molecule has 4 nitrogen and oxygen atoms in total. The summed E-state index contributed by atoms with van der Waals surface area (Å²) in [6, 6.07) is 5.47. The van der Waals surface area contributed by atoms with Gasteiger partial charge >= 0.3 is 6.09 Å². The van der Waals surface area contributed by atoms with E-state index in [1.807, 2.05) is 19.1 Å². The first-order valence-corrected chi connectivity index (χ1v) is 5.37. The molecule has 2 rings (SSSR count). The summed E-state index contributed by atoms with van der Waals surface area (Å²) in [6.07, 6.45) is -0.623. The van der Waals surface area contributed by atoms with Crippen LogP contribution in [0.4, 0.5) is 4.79 Å². The molecule has 5 heteroatoms. The third-order valence-corrected chi connectivity index (χ3v) is 2.80. The average molecular weight is 242 g/mol. The van der Waals surface area contributed by atoms with Crippen LogP contribution in [0, 0.1) is 6.92 Å². The summed E-state index contributed by atoms with van der Waals surface area (Å²) in [4.78, 5) is 10.8. The van der Waals surface area contributed by atoms with Gasteiger partial charge in [-0.05, 0) is 19.1 Å². The number of carbonyl (C=O) groups excluding carboxylic acids is 1. The van der Waals surface area contributed by atoms with Crippen LogP contribution in [0.1, 0.15) is 5.56 Å². The molecule has 0 radical (unpaired) electrons. The van der Waals surface area contributed by atoms with Crippen LogP contribution in [-0.2, 0) is 4.74 Å². The molecule has 1 aromatic rings. The highest BCUT2D eigenvalue weighted by Gasteiger charge is 2.23. The second kappa shape index (κ2) is 4.61. The molecule has 1 amide bonds. The Morgan fingerprint density at radius 1 is 1.62 bits per heavy atom. The maximum atomic E-state index is 10.8. The summed E-state index contributed by atoms with van der Waals surface area (Å²) < 4.78 is 10.5. The summed E-state index contributed by atoms with van der Waals surface area (Å²) in [7, 11) is 0. The number of amides is 1. The minimum absolute atomic E-state index is 0.231. The lowest BCUT2D eigenvalue weighted by atomic mass is 10.2. The highest BCUT2D eigenvalue weighted by molar-refractivity contribution is 6.31. The van der Waals surface area contributed by atoms with E-state index in [0.29, 0.717) is 18.2 Å². The van der Waals surface area contributed by atoms with Gasteiger partial charge in [0.05, 0.1) is 6.54 Å². The molecule has 0 bridgehead atoms. The summed E-state index contributed by atoms with van der Waals surface area (Å²) in [6.45, 7) is 2.70. The Labute approximate surface area is 98.5 Å². The molecule has 1 saturated heterocycles. The molecule has 86 valence electrons. The fraction of sp³-hybridized carbons (Fsp3) is 0.364. The third kappa shape index (κ3) is 2.39. The molecule has 1 aromatic carbocycles. The highest BCUT2D eigenvalue weighted by atomic mass is 35.5. The first kappa shape index (κ1) is 11.1. The first-order valence-electron chi connectivity index (χ1n) is 4.99. The topological polar surface area (TPSA) is 47.6 Å². The highest BCUT2D eigenvalue weighted by Crippen LogP contribution is 2.25. The minimum Gasteiger partial charge on any atom is -0.489 e. The number of hydrogen-bond acceptors (Lipinski definition) is 3. The van der Waals surface area contributed by atoms with Crippen molar-refractivity contribution in [3.05, 3.63) is 28.8 Å². The van der Waals surface area contributed by atoms with Crippen molar-refractivity contribution in [2.24, 2.45) is 0 Å². The minimum atomic E-state index is -0.392. The van der Waals surface area contributed by atoms with E-state index in [0.717, 1.165) is 11.3 Å². The van der Waals surface area contributed by atoms with Crippen molar-refractivity contribution in [1.29, 1.82) is 0 Å². The van der Waals surface area contributed by atoms with E-state index in [1.54, 1.807) is 6.07 Å². The van der Waals surface area contributed by atoms with Crippen molar-refractivity contribution >= 4 is 17.7 Å². The van der Waals surface area contributed by atoms with Crippen LogP contribution in [0.2, 0.25) is 5.02 Å². The molecule has 1 N–H and O–H groups in total. The fourth-order valence-corrected chi connectivity index (χ4v) is 1.62. The van der Waals surface area contributed by atoms with Crippen LogP contribution in [0.25, 0.3) is 0 Å². The second-order valence-electron chi connectivity index (χ2n) is 3.58. The molecule has 1 atom stereocenters. The Bertz CT molecular complexity index is 408. The molecule has 1 aliphatic heterocycles. The second-order valence-corrected chi connectivity index (χ2v) is 3.99. The van der Waals surface area contributed by atoms with Crippen molar-refractivity contribution in [2.45, 2.75) is 13.0 Å². The molecular formula is C11H12ClNO3. The van der Waals surface area contributed by atoms with Gasteiger partial charge in [0.1, 0.15) is 12.4 Å². The van der Waals surface area contributed by atoms with E-state index in [-0.39, 0.29) is 6.10 Å². The Morgan fingerprint density at radius 2 is 2.44 bits per heavy atom. The maximum Gasteiger partial charge on any atom is 0.407 e. The van der Waals surface area contributed by atoms with Gasteiger partial charge in [0.2, 0.25) is 0 Å². The number of halogens is 1. The molecule has 16 heavy (non-hydrogen) atoms. The molecule has 1 heterocycles. The number of nitrogens with one attached hydrogen (secondary N) is 1. The van der Waals surface area contributed by atoms with Crippen LogP contribution in [0.15, 0.2) is 18.2 Å². The van der Waals surface area contributed by atoms with E-state index in [9.17, 15) is 4.79 Å². The van der Waals surface area contributed by atoms with Crippen molar-refractivity contribution < 1.29 is 14.3 Å². The number of carbonyl (C=O) groups is 1. The predicted molar refractivity (Wildman–Crippen MR) is 60.0 cm³/mol. The fourth-order valence-electron chi connectivity index (χ4n) is 1.45. The van der Waals surface area contributed by atoms with Gasteiger partial charge in [-0.15, -0.1) is 0 Å². The predicted octanol–water partition coefficient (Wildman–Crippen LogP) is 2.14. The quantitative estimate of drug-likeness (QED) is 0.882. The Hall–Kier alpha value is -1.42. The lowest BCUT2D eigenvalue weighted by Crippen LogP contribution is -2.22. The van der Waals surface area contributed by atoms with Crippen molar-refractivity contribution in [3.8, 4) is 5.75 Å². The number of cyclic esters (lactones) is 1. The van der Waals surface area contributed by atoms with Crippen LogP contribution in [-0.4, -0.2) is 25.3 Å². The molecule has 0 spiro atoms. The molecule has 0 saturated carbocycles. The van der Waals surface area contributed by atoms with E-state index in [1.165, 1.54) is 0 Å². The number of rotatable bonds is 3. The number of alkyl carbamates (subject to hydrolysis) is 1. The Morgan fingerprint density at radius 3 is 3.12 bits per heavy atom. The summed E-state index contributed by atoms with van der Waals surface area (Å²) in [5, 5.41) is 3.23. The first-order chi connectivity index (χ1) is 7.66. The van der Waals surface area contributed by atoms with E-state index in [2.05, 4.69) is 5.32 Å². The van der Waals surface area contributed by atoms with Crippen LogP contribution in [0.3, 0.4) is 0 Å². The molecule has 0 aromatic heterocycles. The normalized spacial score (nSPS) is 19.1.